The third-order valence-corrected chi connectivity index (χ3v) is 12.2. The van der Waals surface area contributed by atoms with Gasteiger partial charge in [0.25, 0.3) is 0 Å². The van der Waals surface area contributed by atoms with Gasteiger partial charge in [0.15, 0.2) is 0 Å². The van der Waals surface area contributed by atoms with Crippen molar-refractivity contribution in [2.75, 3.05) is 0 Å². The Kier molecular flexibility index (Phi) is 10.2. The Morgan fingerprint density at radius 3 is 1.02 bits per heavy atom. The van der Waals surface area contributed by atoms with Crippen LogP contribution in [-0.4, -0.2) is 149 Å². The molecule has 0 fully saturated rings. The second kappa shape index (κ2) is 14.8. The minimum absolute atomic E-state index is 0.0390. The van der Waals surface area contributed by atoms with Crippen molar-refractivity contribution in [2.45, 2.75) is 0 Å². The fraction of sp³-hybridized carbons (Fsp3) is 0. The van der Waals surface area contributed by atoms with Crippen LogP contribution >= 0.6 is 0 Å². The summed E-state index contributed by atoms with van der Waals surface area (Å²) >= 11 is 0. The predicted octanol–water partition coefficient (Wildman–Crippen LogP) is -10.9. The van der Waals surface area contributed by atoms with E-state index in [1.165, 1.54) is 0 Å². The molecule has 0 saturated carbocycles. The van der Waals surface area contributed by atoms with Crippen LogP contribution in [0.4, 0.5) is 0 Å². The van der Waals surface area contributed by atoms with Gasteiger partial charge < -0.3 is 4.42 Å². The molecule has 0 aliphatic carbocycles. The second-order valence-electron chi connectivity index (χ2n) is 15.3. The maximum atomic E-state index is 7.11. The Balaban J connectivity index is 1.54. The number of para-hydroxylation sites is 1. The van der Waals surface area contributed by atoms with Gasteiger partial charge in [-0.05, 0) is 83.9 Å². The summed E-state index contributed by atoms with van der Waals surface area (Å²) in [5.74, 6) is 0. The van der Waals surface area contributed by atoms with Crippen molar-refractivity contribution < 1.29 is 4.42 Å². The van der Waals surface area contributed by atoms with Gasteiger partial charge in [-0.1, -0.05) is 89.8 Å². The maximum Gasteiger partial charge on any atom is 0.135 e. The molecule has 38 radical (unpaired) electrons. The molecule has 0 unspecified atom stereocenters. The van der Waals surface area contributed by atoms with E-state index in [0.717, 1.165) is 10.8 Å². The monoisotopic (exact) mass is 736 g/mol. The minimum atomic E-state index is -0.114. The molecule has 62 heavy (non-hydrogen) atoms. The van der Waals surface area contributed by atoms with Crippen LogP contribution in [0.2, 0.25) is 0 Å². The highest BCUT2D eigenvalue weighted by Gasteiger charge is 2.29. The summed E-state index contributed by atoms with van der Waals surface area (Å²) in [6, 6.07) is 13.1. The summed E-state index contributed by atoms with van der Waals surface area (Å²) < 4.78 is 6.06. The molecule has 1 nitrogen and oxygen atoms in total. The highest BCUT2D eigenvalue weighted by atomic mass is 16.3. The Morgan fingerprint density at radius 1 is 0.242 bits per heavy atom. The van der Waals surface area contributed by atoms with Crippen molar-refractivity contribution in [3.05, 3.63) is 42.5 Å². The highest BCUT2D eigenvalue weighted by molar-refractivity contribution is 6.75. The van der Waals surface area contributed by atoms with Gasteiger partial charge in [-0.2, -0.15) is 0 Å². The molecule has 0 bridgehead atoms. The zero-order chi connectivity index (χ0) is 44.9. The molecule has 20 heteroatoms. The van der Waals surface area contributed by atoms with Crippen molar-refractivity contribution in [3.63, 3.8) is 0 Å². The first-order valence-corrected chi connectivity index (χ1v) is 18.7. The summed E-state index contributed by atoms with van der Waals surface area (Å²) in [7, 11) is 129. The first-order chi connectivity index (χ1) is 29.2. The molecule has 1 heterocycles. The van der Waals surface area contributed by atoms with Crippen LogP contribution in [-0.2, 0) is 0 Å². The molecule has 0 spiro atoms. The largest absolute Gasteiger partial charge is 0.456 e. The van der Waals surface area contributed by atoms with E-state index in [0.29, 0.717) is 22.3 Å². The van der Waals surface area contributed by atoms with Crippen molar-refractivity contribution in [1.29, 1.82) is 0 Å². The first-order valence-electron chi connectivity index (χ1n) is 18.7. The number of benzene rings is 8. The standard InChI is InChI=1S/C42H7B19O/c43-24-13(8-5-6-12-10(7-8)9-3-1-2-4-11(9)62-12)25(44)33(52)22(32(24)51)15-19-16(27(46)37(56)39(58)29(19)48)14(17-20(15)30(49)40(59)38(57)28(17)47)18-21-23(34(53)36(55)26(18)45)35(54)42(61)41(60)31(21)50/h1-7H. The molecule has 0 aliphatic heterocycles. The van der Waals surface area contributed by atoms with E-state index in [2.05, 4.69) is 0 Å². The molecule has 0 amide bonds. The van der Waals surface area contributed by atoms with Crippen molar-refractivity contribution >= 4 is 307 Å². The van der Waals surface area contributed by atoms with Gasteiger partial charge in [0.05, 0.1) is 0 Å². The van der Waals surface area contributed by atoms with Gasteiger partial charge >= 0.3 is 0 Å². The van der Waals surface area contributed by atoms with Gasteiger partial charge in [-0.25, -0.2) is 0 Å². The average molecular weight is 733 g/mol. The Hall–Kier alpha value is -4.43. The molecule has 0 aliphatic rings. The van der Waals surface area contributed by atoms with Crippen LogP contribution in [0.1, 0.15) is 0 Å². The minimum Gasteiger partial charge on any atom is -0.456 e. The number of hydrogen-bond donors (Lipinski definition) is 0. The smallest absolute Gasteiger partial charge is 0.135 e. The quantitative estimate of drug-likeness (QED) is 0.130. The molecule has 9 aromatic rings. The molecule has 0 saturated heterocycles. The van der Waals surface area contributed by atoms with Crippen molar-refractivity contribution in [1.82, 2.24) is 0 Å². The molecule has 0 atom stereocenters. The summed E-state index contributed by atoms with van der Waals surface area (Å²) in [5.41, 5.74) is 1.31. The number of rotatable bonds is 3. The molecular weight excluding hydrogens is 726 g/mol. The topological polar surface area (TPSA) is 13.1 Å². The van der Waals surface area contributed by atoms with Gasteiger partial charge in [0, 0.05) is 10.8 Å². The van der Waals surface area contributed by atoms with E-state index >= 15 is 0 Å². The lowest BCUT2D eigenvalue weighted by Gasteiger charge is -2.33. The molecule has 1 aromatic heterocycles. The van der Waals surface area contributed by atoms with Crippen LogP contribution < -0.4 is 104 Å². The van der Waals surface area contributed by atoms with Crippen molar-refractivity contribution in [3.8, 4) is 33.4 Å². The van der Waals surface area contributed by atoms with E-state index < -0.39 is 0 Å². The Morgan fingerprint density at radius 2 is 0.565 bits per heavy atom. The Labute approximate surface area is 385 Å². The third-order valence-electron chi connectivity index (χ3n) is 12.2. The van der Waals surface area contributed by atoms with E-state index in [9.17, 15) is 0 Å². The van der Waals surface area contributed by atoms with Gasteiger partial charge in [0.2, 0.25) is 0 Å². The average Bonchev–Trinajstić information content (AvgIpc) is 3.63. The summed E-state index contributed by atoms with van der Waals surface area (Å²) in [6.07, 6.45) is 0. The lowest BCUT2D eigenvalue weighted by molar-refractivity contribution is 0.669. The molecule has 0 N–H and O–H groups in total. The zero-order valence-corrected chi connectivity index (χ0v) is 32.9. The number of fused-ring (bicyclic) bond motifs is 6. The molecular formula is C42H7B19O. The van der Waals surface area contributed by atoms with Gasteiger partial charge in [0.1, 0.15) is 160 Å². The fourth-order valence-corrected chi connectivity index (χ4v) is 8.91. The van der Waals surface area contributed by atoms with Gasteiger partial charge in [-0.15, -0.1) is 38.2 Å². The first kappa shape index (κ1) is 42.9. The molecule has 9 rings (SSSR count). The molecule has 8 aromatic carbocycles. The third kappa shape index (κ3) is 5.62. The lowest BCUT2D eigenvalue weighted by atomic mass is 9.55. The van der Waals surface area contributed by atoms with Crippen LogP contribution in [0.5, 0.6) is 0 Å². The Bertz CT molecular complexity index is 3460. The summed E-state index contributed by atoms with van der Waals surface area (Å²) in [5, 5.41) is 2.30. The number of furan rings is 1. The van der Waals surface area contributed by atoms with E-state index in [-0.39, 0.29) is 158 Å². The van der Waals surface area contributed by atoms with Crippen molar-refractivity contribution in [2.24, 2.45) is 0 Å². The van der Waals surface area contributed by atoms with Gasteiger partial charge in [-0.3, -0.25) is 0 Å². The maximum absolute atomic E-state index is 7.11. The lowest BCUT2D eigenvalue weighted by Crippen LogP contribution is -2.53. The normalized spacial score (nSPS) is 11.8. The van der Waals surface area contributed by atoms with E-state index in [4.69, 9.17) is 153 Å². The summed E-state index contributed by atoms with van der Waals surface area (Å²) in [4.78, 5) is 0. The zero-order valence-electron chi connectivity index (χ0n) is 32.9. The second-order valence-corrected chi connectivity index (χ2v) is 15.3. The SMILES string of the molecule is [B]c1c([B])c(-c2c3c([B])c([B])c([B])c([B])c3c(-c3c([B])c([B])c([B])c4c([B])c([B])c([B])c([B])c34)c3c([B])c([B])c([B])c([B])c23)c([B])c([B])c1-c1ccc2oc3ccccc3c2c1. The number of hydrogen-bond acceptors (Lipinski definition) is 1. The van der Waals surface area contributed by atoms with Crippen LogP contribution in [0.25, 0.3) is 87.6 Å². The molecule has 238 valence electrons. The highest BCUT2D eigenvalue weighted by Crippen LogP contribution is 2.41. The predicted molar refractivity (Wildman–Crippen MR) is 285 cm³/mol. The van der Waals surface area contributed by atoms with Crippen LogP contribution in [0, 0.1) is 0 Å². The van der Waals surface area contributed by atoms with Crippen LogP contribution in [0.3, 0.4) is 0 Å². The fourth-order valence-electron chi connectivity index (χ4n) is 8.91. The van der Waals surface area contributed by atoms with E-state index in [1.54, 1.807) is 12.1 Å². The summed E-state index contributed by atoms with van der Waals surface area (Å²) in [6.45, 7) is 0. The van der Waals surface area contributed by atoms with Crippen LogP contribution in [0.15, 0.2) is 46.9 Å². The van der Waals surface area contributed by atoms with E-state index in [1.807, 2.05) is 30.3 Å².